The molecule has 1 saturated carbocycles. The van der Waals surface area contributed by atoms with Crippen molar-refractivity contribution in [1.82, 2.24) is 5.32 Å². The van der Waals surface area contributed by atoms with E-state index in [2.05, 4.69) is 18.3 Å². The van der Waals surface area contributed by atoms with Gasteiger partial charge in [0, 0.05) is 24.0 Å². The zero-order valence-electron chi connectivity index (χ0n) is 13.0. The second kappa shape index (κ2) is 5.82. The van der Waals surface area contributed by atoms with Crippen LogP contribution in [0, 0.1) is 12.8 Å². The van der Waals surface area contributed by atoms with E-state index in [1.165, 1.54) is 17.4 Å². The van der Waals surface area contributed by atoms with E-state index < -0.39 is 5.60 Å². The first-order valence-electron chi connectivity index (χ1n) is 7.97. The smallest absolute Gasteiger partial charge is 0.134 e. The Balaban J connectivity index is 1.65. The van der Waals surface area contributed by atoms with Gasteiger partial charge < -0.3 is 14.8 Å². The van der Waals surface area contributed by atoms with Crippen molar-refractivity contribution in [2.75, 3.05) is 6.54 Å². The van der Waals surface area contributed by atoms with E-state index in [9.17, 15) is 5.11 Å². The number of aliphatic hydroxyl groups is 1. The van der Waals surface area contributed by atoms with Gasteiger partial charge in [0.05, 0.1) is 5.60 Å². The number of nitrogens with one attached hydrogen (secondary N) is 1. The maximum Gasteiger partial charge on any atom is 0.134 e. The standard InChI is InChI=1S/C18H25NO2/c1-13-6-5-9-18(20,10-13)12-19-11-16-14(2)21-17-8-4-3-7-15(16)17/h3-4,7-8,13,19-20H,5-6,9-12H2,1-2H3. The van der Waals surface area contributed by atoms with Crippen molar-refractivity contribution in [2.24, 2.45) is 5.92 Å². The molecule has 0 amide bonds. The zero-order valence-corrected chi connectivity index (χ0v) is 13.0. The fourth-order valence-corrected chi connectivity index (χ4v) is 3.65. The summed E-state index contributed by atoms with van der Waals surface area (Å²) < 4.78 is 5.78. The van der Waals surface area contributed by atoms with Crippen molar-refractivity contribution >= 4 is 11.0 Å². The van der Waals surface area contributed by atoms with Crippen LogP contribution in [-0.2, 0) is 6.54 Å². The molecule has 114 valence electrons. The number of fused-ring (bicyclic) bond motifs is 1. The predicted molar refractivity (Wildman–Crippen MR) is 85.2 cm³/mol. The predicted octanol–water partition coefficient (Wildman–Crippen LogP) is 3.77. The summed E-state index contributed by atoms with van der Waals surface area (Å²) in [7, 11) is 0. The molecule has 2 N–H and O–H groups in total. The van der Waals surface area contributed by atoms with Crippen LogP contribution in [0.5, 0.6) is 0 Å². The fraction of sp³-hybridized carbons (Fsp3) is 0.556. The second-order valence-corrected chi connectivity index (χ2v) is 6.66. The van der Waals surface area contributed by atoms with Gasteiger partial charge in [-0.25, -0.2) is 0 Å². The first-order chi connectivity index (χ1) is 10.1. The Kier molecular flexibility index (Phi) is 4.05. The average Bonchev–Trinajstić information content (AvgIpc) is 2.75. The summed E-state index contributed by atoms with van der Waals surface area (Å²) in [6.45, 7) is 5.65. The van der Waals surface area contributed by atoms with Crippen molar-refractivity contribution in [3.8, 4) is 0 Å². The Morgan fingerprint density at radius 1 is 1.38 bits per heavy atom. The number of hydrogen-bond donors (Lipinski definition) is 2. The Morgan fingerprint density at radius 2 is 2.19 bits per heavy atom. The summed E-state index contributed by atoms with van der Waals surface area (Å²) in [5.41, 5.74) is 1.61. The van der Waals surface area contributed by atoms with Crippen LogP contribution in [0.15, 0.2) is 28.7 Å². The SMILES string of the molecule is Cc1oc2ccccc2c1CNCC1(O)CCCC(C)C1. The largest absolute Gasteiger partial charge is 0.461 e. The van der Waals surface area contributed by atoms with Crippen molar-refractivity contribution < 1.29 is 9.52 Å². The number of furan rings is 1. The lowest BCUT2D eigenvalue weighted by Crippen LogP contribution is -2.43. The maximum atomic E-state index is 10.7. The minimum Gasteiger partial charge on any atom is -0.461 e. The summed E-state index contributed by atoms with van der Waals surface area (Å²) in [5, 5.41) is 15.3. The quantitative estimate of drug-likeness (QED) is 0.899. The van der Waals surface area contributed by atoms with E-state index in [1.54, 1.807) is 0 Å². The van der Waals surface area contributed by atoms with Crippen LogP contribution < -0.4 is 5.32 Å². The van der Waals surface area contributed by atoms with Crippen molar-refractivity contribution in [3.63, 3.8) is 0 Å². The molecule has 2 aromatic rings. The van der Waals surface area contributed by atoms with E-state index in [-0.39, 0.29) is 0 Å². The lowest BCUT2D eigenvalue weighted by atomic mass is 9.79. The molecule has 1 aliphatic carbocycles. The molecule has 1 aromatic heterocycles. The molecule has 0 bridgehead atoms. The molecule has 1 aliphatic rings. The summed E-state index contributed by atoms with van der Waals surface area (Å²) in [6.07, 6.45) is 4.20. The zero-order chi connectivity index (χ0) is 14.9. The number of hydrogen-bond acceptors (Lipinski definition) is 3. The first-order valence-corrected chi connectivity index (χ1v) is 7.97. The Hall–Kier alpha value is -1.32. The van der Waals surface area contributed by atoms with Gasteiger partial charge in [0.2, 0.25) is 0 Å². The highest BCUT2D eigenvalue weighted by Gasteiger charge is 2.32. The molecule has 2 unspecified atom stereocenters. The lowest BCUT2D eigenvalue weighted by molar-refractivity contribution is -0.0119. The number of aryl methyl sites for hydroxylation is 1. The van der Waals surface area contributed by atoms with Crippen LogP contribution >= 0.6 is 0 Å². The van der Waals surface area contributed by atoms with Crippen LogP contribution in [0.3, 0.4) is 0 Å². The molecule has 0 saturated heterocycles. The molecule has 1 fully saturated rings. The maximum absolute atomic E-state index is 10.7. The van der Waals surface area contributed by atoms with Crippen LogP contribution in [0.1, 0.15) is 43.9 Å². The molecule has 0 aliphatic heterocycles. The van der Waals surface area contributed by atoms with Gasteiger partial charge >= 0.3 is 0 Å². The van der Waals surface area contributed by atoms with Gasteiger partial charge in [0.1, 0.15) is 11.3 Å². The Labute approximate surface area is 126 Å². The van der Waals surface area contributed by atoms with Gasteiger partial charge in [-0.05, 0) is 31.7 Å². The normalized spacial score (nSPS) is 26.3. The van der Waals surface area contributed by atoms with E-state index in [4.69, 9.17) is 4.42 Å². The first kappa shape index (κ1) is 14.6. The molecule has 3 rings (SSSR count). The number of para-hydroxylation sites is 1. The highest BCUT2D eigenvalue weighted by molar-refractivity contribution is 5.82. The third-order valence-electron chi connectivity index (χ3n) is 4.72. The Morgan fingerprint density at radius 3 is 3.00 bits per heavy atom. The van der Waals surface area contributed by atoms with Crippen molar-refractivity contribution in [1.29, 1.82) is 0 Å². The third kappa shape index (κ3) is 3.14. The van der Waals surface area contributed by atoms with Crippen LogP contribution in [-0.4, -0.2) is 17.3 Å². The topological polar surface area (TPSA) is 45.4 Å². The van der Waals surface area contributed by atoms with Gasteiger partial charge in [-0.2, -0.15) is 0 Å². The van der Waals surface area contributed by atoms with E-state index in [1.807, 2.05) is 25.1 Å². The lowest BCUT2D eigenvalue weighted by Gasteiger charge is -2.35. The number of benzene rings is 1. The average molecular weight is 287 g/mol. The molecule has 21 heavy (non-hydrogen) atoms. The molecule has 1 heterocycles. The van der Waals surface area contributed by atoms with E-state index in [0.717, 1.165) is 37.2 Å². The highest BCUT2D eigenvalue weighted by Crippen LogP contribution is 2.32. The van der Waals surface area contributed by atoms with Crippen molar-refractivity contribution in [2.45, 2.75) is 51.7 Å². The number of rotatable bonds is 4. The van der Waals surface area contributed by atoms with Crippen LogP contribution in [0.2, 0.25) is 0 Å². The molecule has 0 spiro atoms. The van der Waals surface area contributed by atoms with Gasteiger partial charge in [-0.15, -0.1) is 0 Å². The Bertz CT molecular complexity index is 619. The molecule has 1 aromatic carbocycles. The molecule has 3 heteroatoms. The van der Waals surface area contributed by atoms with E-state index >= 15 is 0 Å². The van der Waals surface area contributed by atoms with E-state index in [0.29, 0.717) is 12.5 Å². The fourth-order valence-electron chi connectivity index (χ4n) is 3.65. The van der Waals surface area contributed by atoms with Gasteiger partial charge in [-0.1, -0.05) is 38.0 Å². The monoisotopic (exact) mass is 287 g/mol. The van der Waals surface area contributed by atoms with Gasteiger partial charge in [0.25, 0.3) is 0 Å². The molecule has 2 atom stereocenters. The highest BCUT2D eigenvalue weighted by atomic mass is 16.3. The summed E-state index contributed by atoms with van der Waals surface area (Å²) in [5.74, 6) is 1.59. The molecule has 3 nitrogen and oxygen atoms in total. The summed E-state index contributed by atoms with van der Waals surface area (Å²) in [6, 6.07) is 8.13. The minimum absolute atomic E-state index is 0.537. The van der Waals surface area contributed by atoms with Crippen LogP contribution in [0.4, 0.5) is 0 Å². The van der Waals surface area contributed by atoms with Gasteiger partial charge in [-0.3, -0.25) is 0 Å². The van der Waals surface area contributed by atoms with Gasteiger partial charge in [0.15, 0.2) is 0 Å². The second-order valence-electron chi connectivity index (χ2n) is 6.66. The molecular weight excluding hydrogens is 262 g/mol. The molecular formula is C18H25NO2. The minimum atomic E-state index is -0.537. The summed E-state index contributed by atoms with van der Waals surface area (Å²) >= 11 is 0. The molecule has 0 radical (unpaired) electrons. The van der Waals surface area contributed by atoms with Crippen molar-refractivity contribution in [3.05, 3.63) is 35.6 Å². The third-order valence-corrected chi connectivity index (χ3v) is 4.72. The summed E-state index contributed by atoms with van der Waals surface area (Å²) in [4.78, 5) is 0. The van der Waals surface area contributed by atoms with Crippen LogP contribution in [0.25, 0.3) is 11.0 Å².